The Labute approximate surface area is 122 Å². The van der Waals surface area contributed by atoms with Gasteiger partial charge in [0, 0.05) is 10.0 Å². The third-order valence-corrected chi connectivity index (χ3v) is 3.05. The summed E-state index contributed by atoms with van der Waals surface area (Å²) in [6.45, 7) is 0.0475. The van der Waals surface area contributed by atoms with Crippen molar-refractivity contribution in [3.05, 3.63) is 63.6 Å². The van der Waals surface area contributed by atoms with Crippen molar-refractivity contribution in [3.63, 3.8) is 0 Å². The van der Waals surface area contributed by atoms with Crippen molar-refractivity contribution in [1.29, 1.82) is 0 Å². The Balaban J connectivity index is 2.11. The maximum Gasteiger partial charge on any atom is 0.248 e. The highest BCUT2D eigenvalue weighted by molar-refractivity contribution is 9.10. The number of nitrogens with two attached hydrogens (primary N) is 1. The Hall–Kier alpha value is -1.95. The number of carbonyl (C=O) groups excluding carboxylic acids is 1. The van der Waals surface area contributed by atoms with Crippen LogP contribution in [0.2, 0.25) is 0 Å². The number of ether oxygens (including phenoxy) is 1. The summed E-state index contributed by atoms with van der Waals surface area (Å²) in [6, 6.07) is 8.70. The van der Waals surface area contributed by atoms with E-state index in [4.69, 9.17) is 10.5 Å². The molecular weight excluding hydrogens is 332 g/mol. The van der Waals surface area contributed by atoms with Crippen LogP contribution in [0.25, 0.3) is 0 Å². The highest BCUT2D eigenvalue weighted by Gasteiger charge is 2.11. The van der Waals surface area contributed by atoms with Crippen LogP contribution in [0.15, 0.2) is 40.9 Å². The average Bonchev–Trinajstić information content (AvgIpc) is 2.41. The molecule has 0 aliphatic rings. The van der Waals surface area contributed by atoms with E-state index < -0.39 is 17.5 Å². The zero-order valence-electron chi connectivity index (χ0n) is 10.2. The van der Waals surface area contributed by atoms with Gasteiger partial charge in [0.2, 0.25) is 11.7 Å². The molecule has 0 fully saturated rings. The van der Waals surface area contributed by atoms with Crippen LogP contribution in [0.4, 0.5) is 8.78 Å². The summed E-state index contributed by atoms with van der Waals surface area (Å²) in [4.78, 5) is 10.9. The van der Waals surface area contributed by atoms with E-state index in [-0.39, 0.29) is 12.4 Å². The second-order valence-electron chi connectivity index (χ2n) is 4.05. The van der Waals surface area contributed by atoms with Gasteiger partial charge in [0.15, 0.2) is 11.6 Å². The first-order valence-electron chi connectivity index (χ1n) is 5.63. The normalized spacial score (nSPS) is 10.3. The fraction of sp³-hybridized carbons (Fsp3) is 0.0714. The second kappa shape index (κ2) is 6.00. The summed E-state index contributed by atoms with van der Waals surface area (Å²) >= 11 is 3.06. The minimum Gasteiger partial charge on any atom is -0.486 e. The van der Waals surface area contributed by atoms with Gasteiger partial charge in [-0.15, -0.1) is 0 Å². The van der Waals surface area contributed by atoms with E-state index in [0.29, 0.717) is 15.6 Å². The molecule has 2 aromatic carbocycles. The van der Waals surface area contributed by atoms with Gasteiger partial charge in [0.05, 0.1) is 0 Å². The number of hydrogen-bond donors (Lipinski definition) is 1. The topological polar surface area (TPSA) is 52.3 Å². The van der Waals surface area contributed by atoms with Gasteiger partial charge in [0.1, 0.15) is 6.61 Å². The summed E-state index contributed by atoms with van der Waals surface area (Å²) in [5, 5.41) is 0. The molecule has 0 saturated carbocycles. The highest BCUT2D eigenvalue weighted by atomic mass is 79.9. The molecule has 0 aliphatic carbocycles. The van der Waals surface area contributed by atoms with Crippen LogP contribution in [0.5, 0.6) is 5.75 Å². The monoisotopic (exact) mass is 341 g/mol. The van der Waals surface area contributed by atoms with Crippen LogP contribution in [0.1, 0.15) is 15.9 Å². The predicted molar refractivity (Wildman–Crippen MR) is 73.3 cm³/mol. The quantitative estimate of drug-likeness (QED) is 0.866. The third-order valence-electron chi connectivity index (χ3n) is 2.59. The number of benzene rings is 2. The Morgan fingerprint density at radius 2 is 1.85 bits per heavy atom. The number of rotatable bonds is 4. The third kappa shape index (κ3) is 3.33. The molecule has 20 heavy (non-hydrogen) atoms. The molecule has 104 valence electrons. The Kier molecular flexibility index (Phi) is 4.34. The van der Waals surface area contributed by atoms with Gasteiger partial charge in [-0.25, -0.2) is 4.39 Å². The fourth-order valence-corrected chi connectivity index (χ4v) is 1.97. The van der Waals surface area contributed by atoms with Gasteiger partial charge in [-0.05, 0) is 29.8 Å². The Morgan fingerprint density at radius 1 is 1.20 bits per heavy atom. The molecule has 1 amide bonds. The Morgan fingerprint density at radius 3 is 2.45 bits per heavy atom. The molecule has 0 aromatic heterocycles. The van der Waals surface area contributed by atoms with Crippen molar-refractivity contribution in [2.45, 2.75) is 6.61 Å². The SMILES string of the molecule is NC(=O)c1ccc(COc2cc(Br)cc(F)c2F)cc1. The molecule has 0 radical (unpaired) electrons. The lowest BCUT2D eigenvalue weighted by Crippen LogP contribution is -2.10. The van der Waals surface area contributed by atoms with Crippen LogP contribution in [0.3, 0.4) is 0 Å². The predicted octanol–water partition coefficient (Wildman–Crippen LogP) is 3.41. The molecule has 2 rings (SSSR count). The lowest BCUT2D eigenvalue weighted by atomic mass is 10.1. The van der Waals surface area contributed by atoms with Crippen LogP contribution in [-0.4, -0.2) is 5.91 Å². The molecule has 0 bridgehead atoms. The Bertz CT molecular complexity index is 644. The number of hydrogen-bond acceptors (Lipinski definition) is 2. The summed E-state index contributed by atoms with van der Waals surface area (Å²) in [5.74, 6) is -2.74. The van der Waals surface area contributed by atoms with Gasteiger partial charge < -0.3 is 10.5 Å². The van der Waals surface area contributed by atoms with Crippen LogP contribution >= 0.6 is 15.9 Å². The zero-order valence-corrected chi connectivity index (χ0v) is 11.8. The standard InChI is InChI=1S/C14H10BrF2NO2/c15-10-5-11(16)13(17)12(6-10)20-7-8-1-3-9(4-2-8)14(18)19/h1-6H,7H2,(H2,18,19). The number of amides is 1. The van der Waals surface area contributed by atoms with Crippen molar-refractivity contribution in [1.82, 2.24) is 0 Å². The first-order valence-corrected chi connectivity index (χ1v) is 6.43. The number of halogens is 3. The minimum absolute atomic E-state index is 0.0475. The molecule has 0 spiro atoms. The first kappa shape index (κ1) is 14.5. The summed E-state index contributed by atoms with van der Waals surface area (Å²) in [5.41, 5.74) is 6.19. The lowest BCUT2D eigenvalue weighted by Gasteiger charge is -2.08. The molecule has 6 heteroatoms. The van der Waals surface area contributed by atoms with Gasteiger partial charge in [-0.3, -0.25) is 4.79 Å². The maximum absolute atomic E-state index is 13.5. The van der Waals surface area contributed by atoms with Crippen LogP contribution in [-0.2, 0) is 6.61 Å². The van der Waals surface area contributed by atoms with Gasteiger partial charge in [0.25, 0.3) is 0 Å². The minimum atomic E-state index is -1.04. The van der Waals surface area contributed by atoms with Gasteiger partial charge in [-0.1, -0.05) is 28.1 Å². The van der Waals surface area contributed by atoms with E-state index in [1.807, 2.05) is 0 Å². The van der Waals surface area contributed by atoms with E-state index in [1.54, 1.807) is 24.3 Å². The smallest absolute Gasteiger partial charge is 0.248 e. The molecule has 0 atom stereocenters. The average molecular weight is 342 g/mol. The van der Waals surface area contributed by atoms with Crippen molar-refractivity contribution < 1.29 is 18.3 Å². The maximum atomic E-state index is 13.5. The van der Waals surface area contributed by atoms with Crippen molar-refractivity contribution in [2.24, 2.45) is 5.73 Å². The molecule has 0 heterocycles. The first-order chi connectivity index (χ1) is 9.47. The largest absolute Gasteiger partial charge is 0.486 e. The summed E-state index contributed by atoms with van der Waals surface area (Å²) < 4.78 is 32.3. The number of primary amides is 1. The molecule has 2 N–H and O–H groups in total. The van der Waals surface area contributed by atoms with E-state index in [2.05, 4.69) is 15.9 Å². The summed E-state index contributed by atoms with van der Waals surface area (Å²) in [6.07, 6.45) is 0. The van der Waals surface area contributed by atoms with E-state index in [0.717, 1.165) is 6.07 Å². The molecule has 3 nitrogen and oxygen atoms in total. The van der Waals surface area contributed by atoms with Gasteiger partial charge in [-0.2, -0.15) is 4.39 Å². The second-order valence-corrected chi connectivity index (χ2v) is 4.97. The summed E-state index contributed by atoms with van der Waals surface area (Å²) in [7, 11) is 0. The van der Waals surface area contributed by atoms with Gasteiger partial charge >= 0.3 is 0 Å². The molecule has 0 saturated heterocycles. The molecule has 0 unspecified atom stereocenters. The highest BCUT2D eigenvalue weighted by Crippen LogP contribution is 2.26. The van der Waals surface area contributed by atoms with Crippen LogP contribution in [0, 0.1) is 11.6 Å². The van der Waals surface area contributed by atoms with Crippen molar-refractivity contribution in [3.8, 4) is 5.75 Å². The lowest BCUT2D eigenvalue weighted by molar-refractivity contribution is 0.1000. The molecule has 2 aromatic rings. The number of carbonyl (C=O) groups is 1. The van der Waals surface area contributed by atoms with Crippen molar-refractivity contribution in [2.75, 3.05) is 0 Å². The van der Waals surface area contributed by atoms with Crippen LogP contribution < -0.4 is 10.5 Å². The zero-order chi connectivity index (χ0) is 14.7. The molecule has 0 aliphatic heterocycles. The fourth-order valence-electron chi connectivity index (χ4n) is 1.56. The van der Waals surface area contributed by atoms with E-state index in [1.165, 1.54) is 6.07 Å². The van der Waals surface area contributed by atoms with Crippen molar-refractivity contribution >= 4 is 21.8 Å². The van der Waals surface area contributed by atoms with E-state index >= 15 is 0 Å². The molecular formula is C14H10BrF2NO2. The van der Waals surface area contributed by atoms with E-state index in [9.17, 15) is 13.6 Å².